The Kier molecular flexibility index (Phi) is 4.28. The number of carbonyl (C=O) groups is 1. The second-order valence-electron chi connectivity index (χ2n) is 3.97. The Hall–Kier alpha value is -1.58. The van der Waals surface area contributed by atoms with Crippen LogP contribution >= 0.6 is 0 Å². The molecule has 0 aromatic carbocycles. The summed E-state index contributed by atoms with van der Waals surface area (Å²) in [5.74, 6) is 1.11. The molecule has 1 aromatic rings. The quantitative estimate of drug-likeness (QED) is 0.579. The van der Waals surface area contributed by atoms with Crippen LogP contribution in [0, 0.1) is 0 Å². The zero-order chi connectivity index (χ0) is 12.1. The van der Waals surface area contributed by atoms with Gasteiger partial charge in [0.2, 0.25) is 0 Å². The molecule has 16 heavy (non-hydrogen) atoms. The van der Waals surface area contributed by atoms with E-state index in [1.807, 2.05) is 16.8 Å². The third-order valence-corrected chi connectivity index (χ3v) is 2.37. The van der Waals surface area contributed by atoms with Gasteiger partial charge in [-0.15, -0.1) is 0 Å². The van der Waals surface area contributed by atoms with Gasteiger partial charge in [0, 0.05) is 30.4 Å². The van der Waals surface area contributed by atoms with E-state index in [4.69, 9.17) is 0 Å². The molecule has 4 heteroatoms. The van der Waals surface area contributed by atoms with Crippen molar-refractivity contribution in [1.29, 1.82) is 0 Å². The molecule has 0 saturated carbocycles. The topological polar surface area (TPSA) is 44.1 Å². The monoisotopic (exact) mass is 222 g/mol. The van der Waals surface area contributed by atoms with Crippen LogP contribution in [-0.4, -0.2) is 22.6 Å². The van der Waals surface area contributed by atoms with E-state index in [2.05, 4.69) is 23.6 Å². The molecule has 1 heterocycles. The number of allylic oxidation sites excluding steroid dienone is 1. The van der Waals surface area contributed by atoms with Crippen LogP contribution in [0.5, 0.6) is 0 Å². The normalized spacial score (nSPS) is 11.9. The third kappa shape index (κ3) is 2.95. The minimum atomic E-state index is -0.286. The van der Waals surface area contributed by atoms with E-state index in [9.17, 15) is 4.79 Å². The molecule has 4 nitrogen and oxygen atoms in total. The van der Waals surface area contributed by atoms with Crippen molar-refractivity contribution in [3.63, 3.8) is 0 Å². The summed E-state index contributed by atoms with van der Waals surface area (Å²) in [6, 6.07) is 0. The van der Waals surface area contributed by atoms with E-state index in [-0.39, 0.29) is 5.97 Å². The summed E-state index contributed by atoms with van der Waals surface area (Å²) < 4.78 is 6.65. The summed E-state index contributed by atoms with van der Waals surface area (Å²) in [6.07, 6.45) is 5.53. The Morgan fingerprint density at radius 2 is 2.31 bits per heavy atom. The third-order valence-electron chi connectivity index (χ3n) is 2.37. The van der Waals surface area contributed by atoms with Gasteiger partial charge < -0.3 is 9.30 Å². The maximum Gasteiger partial charge on any atom is 0.333 e. The fourth-order valence-corrected chi connectivity index (χ4v) is 1.46. The van der Waals surface area contributed by atoms with Crippen LogP contribution in [0.3, 0.4) is 0 Å². The highest BCUT2D eigenvalue weighted by molar-refractivity contribution is 5.87. The van der Waals surface area contributed by atoms with Gasteiger partial charge in [0.15, 0.2) is 0 Å². The molecule has 0 fully saturated rings. The van der Waals surface area contributed by atoms with Crippen molar-refractivity contribution in [3.05, 3.63) is 29.9 Å². The highest BCUT2D eigenvalue weighted by atomic mass is 16.5. The second-order valence-corrected chi connectivity index (χ2v) is 3.97. The fourth-order valence-electron chi connectivity index (χ4n) is 1.46. The van der Waals surface area contributed by atoms with Gasteiger partial charge in [0.25, 0.3) is 0 Å². The number of hydrogen-bond acceptors (Lipinski definition) is 3. The zero-order valence-corrected chi connectivity index (χ0v) is 10.2. The van der Waals surface area contributed by atoms with Gasteiger partial charge in [-0.2, -0.15) is 0 Å². The largest absolute Gasteiger partial charge is 0.466 e. The van der Waals surface area contributed by atoms with Crippen molar-refractivity contribution >= 4 is 5.97 Å². The Morgan fingerprint density at radius 1 is 1.62 bits per heavy atom. The molecule has 0 radical (unpaired) electrons. The van der Waals surface area contributed by atoms with Gasteiger partial charge in [0.05, 0.1) is 7.11 Å². The maximum atomic E-state index is 11.2. The molecule has 1 aromatic heterocycles. The lowest BCUT2D eigenvalue weighted by Gasteiger charge is -2.08. The van der Waals surface area contributed by atoms with Crippen LogP contribution in [0.4, 0.5) is 0 Å². The number of esters is 1. The van der Waals surface area contributed by atoms with Crippen molar-refractivity contribution in [1.82, 2.24) is 9.55 Å². The first-order chi connectivity index (χ1) is 7.56. The van der Waals surface area contributed by atoms with Gasteiger partial charge >= 0.3 is 5.97 Å². The predicted octanol–water partition coefficient (Wildman–Crippen LogP) is 2.13. The minimum Gasteiger partial charge on any atom is -0.466 e. The highest BCUT2D eigenvalue weighted by Crippen LogP contribution is 2.12. The lowest BCUT2D eigenvalue weighted by atomic mass is 10.2. The van der Waals surface area contributed by atoms with Crippen LogP contribution in [0.25, 0.3) is 0 Å². The maximum absolute atomic E-state index is 11.2. The summed E-state index contributed by atoms with van der Waals surface area (Å²) in [4.78, 5) is 15.5. The Bertz CT molecular complexity index is 391. The molecule has 0 atom stereocenters. The summed E-state index contributed by atoms with van der Waals surface area (Å²) in [6.45, 7) is 6.58. The first kappa shape index (κ1) is 12.5. The molecule has 88 valence electrons. The number of hydrogen-bond donors (Lipinski definition) is 0. The number of ether oxygens (including phenoxy) is 1. The molecule has 0 amide bonds. The number of carbonyl (C=O) groups excluding carboxylic acids is 1. The van der Waals surface area contributed by atoms with Crippen molar-refractivity contribution < 1.29 is 9.53 Å². The first-order valence-electron chi connectivity index (χ1n) is 5.32. The van der Waals surface area contributed by atoms with E-state index in [1.165, 1.54) is 7.11 Å². The Morgan fingerprint density at radius 3 is 2.88 bits per heavy atom. The first-order valence-corrected chi connectivity index (χ1v) is 5.32. The molecule has 0 spiro atoms. The molecule has 0 aliphatic heterocycles. The van der Waals surface area contributed by atoms with Crippen LogP contribution in [-0.2, 0) is 16.1 Å². The number of methoxy groups -OCH3 is 1. The molecule has 0 N–H and O–H groups in total. The fraction of sp³-hybridized carbons (Fsp3) is 0.500. The highest BCUT2D eigenvalue weighted by Gasteiger charge is 2.07. The van der Waals surface area contributed by atoms with Crippen LogP contribution in [0.2, 0.25) is 0 Å². The van der Waals surface area contributed by atoms with Crippen molar-refractivity contribution in [2.75, 3.05) is 7.11 Å². The van der Waals surface area contributed by atoms with E-state index < -0.39 is 0 Å². The van der Waals surface area contributed by atoms with Crippen LogP contribution in [0.15, 0.2) is 24.0 Å². The smallest absolute Gasteiger partial charge is 0.333 e. The molecule has 0 bridgehead atoms. The number of aromatic nitrogens is 2. The summed E-state index contributed by atoms with van der Waals surface area (Å²) in [5.41, 5.74) is 0.617. The van der Waals surface area contributed by atoms with Gasteiger partial charge in [-0.3, -0.25) is 0 Å². The molecule has 1 rings (SSSR count). The van der Waals surface area contributed by atoms with Gasteiger partial charge in [-0.1, -0.05) is 19.9 Å². The van der Waals surface area contributed by atoms with Crippen LogP contribution in [0.1, 0.15) is 32.5 Å². The standard InChI is InChI=1S/C12H18N2O2/c1-9(2)11-13-6-8-14(11)7-5-10(3)12(15)16-4/h5-6,8-9H,7H2,1-4H3. The lowest BCUT2D eigenvalue weighted by Crippen LogP contribution is -2.06. The van der Waals surface area contributed by atoms with Crippen molar-refractivity contribution in [3.8, 4) is 0 Å². The minimum absolute atomic E-state index is 0.286. The number of rotatable bonds is 4. The average Bonchev–Trinajstić information content (AvgIpc) is 2.72. The molecule has 0 saturated heterocycles. The Labute approximate surface area is 95.9 Å². The Balaban J connectivity index is 2.74. The molecular weight excluding hydrogens is 204 g/mol. The average molecular weight is 222 g/mol. The van der Waals surface area contributed by atoms with E-state index >= 15 is 0 Å². The van der Waals surface area contributed by atoms with Gasteiger partial charge in [-0.05, 0) is 6.92 Å². The van der Waals surface area contributed by atoms with Crippen molar-refractivity contribution in [2.45, 2.75) is 33.2 Å². The molecule has 0 aliphatic rings. The zero-order valence-electron chi connectivity index (χ0n) is 10.2. The second kappa shape index (κ2) is 5.49. The predicted molar refractivity (Wildman–Crippen MR) is 62.1 cm³/mol. The number of imidazole rings is 1. The van der Waals surface area contributed by atoms with E-state index in [0.29, 0.717) is 18.0 Å². The summed E-state index contributed by atoms with van der Waals surface area (Å²) in [7, 11) is 1.39. The van der Waals surface area contributed by atoms with Gasteiger partial charge in [-0.25, -0.2) is 9.78 Å². The van der Waals surface area contributed by atoms with Crippen LogP contribution < -0.4 is 0 Å². The van der Waals surface area contributed by atoms with Crippen molar-refractivity contribution in [2.24, 2.45) is 0 Å². The van der Waals surface area contributed by atoms with Gasteiger partial charge in [0.1, 0.15) is 5.82 Å². The van der Waals surface area contributed by atoms with E-state index in [1.54, 1.807) is 13.1 Å². The lowest BCUT2D eigenvalue weighted by molar-refractivity contribution is -0.136. The number of nitrogens with zero attached hydrogens (tertiary/aromatic N) is 2. The van der Waals surface area contributed by atoms with E-state index in [0.717, 1.165) is 5.82 Å². The molecular formula is C12H18N2O2. The molecule has 0 aliphatic carbocycles. The SMILES string of the molecule is COC(=O)C(C)=CCn1ccnc1C(C)C. The summed E-state index contributed by atoms with van der Waals surface area (Å²) in [5, 5.41) is 0. The molecule has 0 unspecified atom stereocenters. The summed E-state index contributed by atoms with van der Waals surface area (Å²) >= 11 is 0.